The van der Waals surface area contributed by atoms with Crippen molar-refractivity contribution >= 4 is 11.8 Å². The fourth-order valence-electron chi connectivity index (χ4n) is 5.73. The number of hydrogen-bond acceptors (Lipinski definition) is 4. The minimum atomic E-state index is -4.70. The molecule has 0 radical (unpaired) electrons. The van der Waals surface area contributed by atoms with Gasteiger partial charge in [-0.1, -0.05) is 19.1 Å². The lowest BCUT2D eigenvalue weighted by molar-refractivity contribution is -0.142. The number of alkyl halides is 3. The third-order valence-electron chi connectivity index (χ3n) is 7.90. The van der Waals surface area contributed by atoms with Gasteiger partial charge in [0, 0.05) is 29.1 Å². The number of pyridine rings is 1. The first-order valence-electron chi connectivity index (χ1n) is 14.2. The second-order valence-corrected chi connectivity index (χ2v) is 11.2. The van der Waals surface area contributed by atoms with Crippen LogP contribution in [0, 0.1) is 23.4 Å². The first-order valence-corrected chi connectivity index (χ1v) is 14.2. The van der Waals surface area contributed by atoms with Crippen molar-refractivity contribution in [3.05, 3.63) is 106 Å². The number of amides is 2. The molecule has 7 nitrogen and oxygen atoms in total. The number of benzene rings is 2. The average molecular weight is 630 g/mol. The van der Waals surface area contributed by atoms with Gasteiger partial charge in [0.15, 0.2) is 5.69 Å². The van der Waals surface area contributed by atoms with E-state index in [0.717, 1.165) is 22.9 Å². The molecule has 2 atom stereocenters. The van der Waals surface area contributed by atoms with Crippen molar-refractivity contribution < 1.29 is 35.9 Å². The molecule has 1 aliphatic carbocycles. The van der Waals surface area contributed by atoms with Gasteiger partial charge in [-0.3, -0.25) is 19.3 Å². The molecule has 5 rings (SSSR count). The molecular formula is C32H29F6N5O2. The number of aromatic nitrogens is 3. The lowest BCUT2D eigenvalue weighted by Crippen LogP contribution is -2.34. The van der Waals surface area contributed by atoms with Crippen LogP contribution >= 0.6 is 0 Å². The van der Waals surface area contributed by atoms with E-state index in [2.05, 4.69) is 15.4 Å². The van der Waals surface area contributed by atoms with Gasteiger partial charge >= 0.3 is 6.18 Å². The summed E-state index contributed by atoms with van der Waals surface area (Å²) in [6.45, 7) is 1.41. The smallest absolute Gasteiger partial charge is 0.366 e. The maximum atomic E-state index is 14.3. The highest BCUT2D eigenvalue weighted by Gasteiger charge is 2.40. The van der Waals surface area contributed by atoms with Crippen molar-refractivity contribution in [2.45, 2.75) is 57.8 Å². The van der Waals surface area contributed by atoms with E-state index < -0.39 is 53.7 Å². The molecular weight excluding hydrogens is 600 g/mol. The summed E-state index contributed by atoms with van der Waals surface area (Å²) in [5.74, 6) is -4.08. The van der Waals surface area contributed by atoms with Gasteiger partial charge in [-0.2, -0.15) is 18.3 Å². The molecule has 1 aliphatic rings. The SMILES string of the molecule is CC1CCc2c(C(F)(F)F)nn(CC(=O)NC(Cc3cc(F)cc(F)c3)c3ncccc3-c3ccc(F)c(C(N)=O)c3)c2CC1. The summed E-state index contributed by atoms with van der Waals surface area (Å²) in [5.41, 5.74) is 5.37. The lowest BCUT2D eigenvalue weighted by atomic mass is 9.94. The standard InChI is InChI=1S/C32H29F6N5O2/c1-17-4-7-23-27(9-5-17)43(42-30(23)32(36,37)38)16-28(44)41-26(13-18-11-20(33)15-21(34)12-18)29-22(3-2-10-40-29)19-6-8-25(35)24(14-19)31(39)45/h2-3,6,8,10-12,14-15,17,26H,4-5,7,9,13,16H2,1H3,(H2,39,45)(H,41,44). The zero-order chi connectivity index (χ0) is 32.5. The Morgan fingerprint density at radius 2 is 1.76 bits per heavy atom. The van der Waals surface area contributed by atoms with E-state index in [1.165, 1.54) is 18.3 Å². The van der Waals surface area contributed by atoms with E-state index in [9.17, 15) is 35.9 Å². The zero-order valence-corrected chi connectivity index (χ0v) is 24.1. The van der Waals surface area contributed by atoms with E-state index in [-0.39, 0.29) is 41.1 Å². The summed E-state index contributed by atoms with van der Waals surface area (Å²) >= 11 is 0. The second kappa shape index (κ2) is 12.7. The van der Waals surface area contributed by atoms with E-state index >= 15 is 0 Å². The minimum absolute atomic E-state index is 0.0833. The summed E-state index contributed by atoms with van der Waals surface area (Å²) in [5, 5.41) is 6.55. The Hall–Kier alpha value is -4.68. The molecule has 0 saturated heterocycles. The Balaban J connectivity index is 1.53. The van der Waals surface area contributed by atoms with Crippen molar-refractivity contribution in [3.63, 3.8) is 0 Å². The fourth-order valence-corrected chi connectivity index (χ4v) is 5.73. The van der Waals surface area contributed by atoms with Crippen molar-refractivity contribution in [3.8, 4) is 11.1 Å². The molecule has 13 heteroatoms. The van der Waals surface area contributed by atoms with Crippen LogP contribution in [-0.2, 0) is 36.8 Å². The Bertz CT molecular complexity index is 1730. The van der Waals surface area contributed by atoms with Crippen LogP contribution in [-0.4, -0.2) is 26.6 Å². The van der Waals surface area contributed by atoms with Crippen LogP contribution in [0.2, 0.25) is 0 Å². The molecule has 2 aromatic carbocycles. The number of carbonyl (C=O) groups excluding carboxylic acids is 2. The second-order valence-electron chi connectivity index (χ2n) is 11.2. The summed E-state index contributed by atoms with van der Waals surface area (Å²) in [4.78, 5) is 29.7. The molecule has 236 valence electrons. The normalized spacial score (nSPS) is 15.7. The van der Waals surface area contributed by atoms with Gasteiger partial charge in [0.25, 0.3) is 5.91 Å². The van der Waals surface area contributed by atoms with Gasteiger partial charge in [-0.15, -0.1) is 0 Å². The number of nitrogens with one attached hydrogen (secondary N) is 1. The summed E-state index contributed by atoms with van der Waals surface area (Å²) < 4.78 is 85.3. The van der Waals surface area contributed by atoms with Crippen LogP contribution in [0.15, 0.2) is 54.7 Å². The van der Waals surface area contributed by atoms with Crippen LogP contribution in [0.4, 0.5) is 26.3 Å². The fraction of sp³-hybridized carbons (Fsp3) is 0.312. The number of nitrogens with zero attached hydrogens (tertiary/aromatic N) is 3. The topological polar surface area (TPSA) is 103 Å². The molecule has 0 bridgehead atoms. The molecule has 0 spiro atoms. The molecule has 0 saturated carbocycles. The number of fused-ring (bicyclic) bond motifs is 1. The van der Waals surface area contributed by atoms with Crippen LogP contribution < -0.4 is 11.1 Å². The van der Waals surface area contributed by atoms with Crippen molar-refractivity contribution in [2.75, 3.05) is 0 Å². The number of halogens is 6. The van der Waals surface area contributed by atoms with E-state index in [4.69, 9.17) is 5.73 Å². The van der Waals surface area contributed by atoms with Gasteiger partial charge < -0.3 is 11.1 Å². The maximum absolute atomic E-state index is 14.3. The van der Waals surface area contributed by atoms with Gasteiger partial charge in [-0.25, -0.2) is 13.2 Å². The summed E-state index contributed by atoms with van der Waals surface area (Å²) in [6.07, 6.45) is -1.77. The lowest BCUT2D eigenvalue weighted by Gasteiger charge is -2.22. The molecule has 3 N–H and O–H groups in total. The molecule has 2 unspecified atom stereocenters. The Morgan fingerprint density at radius 3 is 2.44 bits per heavy atom. The molecule has 45 heavy (non-hydrogen) atoms. The third-order valence-corrected chi connectivity index (χ3v) is 7.90. The van der Waals surface area contributed by atoms with Crippen LogP contribution in [0.5, 0.6) is 0 Å². The highest BCUT2D eigenvalue weighted by Crippen LogP contribution is 2.36. The highest BCUT2D eigenvalue weighted by atomic mass is 19.4. The van der Waals surface area contributed by atoms with Crippen molar-refractivity contribution in [1.29, 1.82) is 0 Å². The van der Waals surface area contributed by atoms with Crippen LogP contribution in [0.3, 0.4) is 0 Å². The number of rotatable bonds is 8. The molecule has 4 aromatic rings. The van der Waals surface area contributed by atoms with Gasteiger partial charge in [0.2, 0.25) is 5.91 Å². The quantitative estimate of drug-likeness (QED) is 0.182. The van der Waals surface area contributed by atoms with Gasteiger partial charge in [0.05, 0.1) is 17.3 Å². The maximum Gasteiger partial charge on any atom is 0.435 e. The molecule has 0 aliphatic heterocycles. The number of primary amides is 1. The van der Waals surface area contributed by atoms with Crippen LogP contribution in [0.25, 0.3) is 11.1 Å². The molecule has 2 aromatic heterocycles. The van der Waals surface area contributed by atoms with Gasteiger partial charge in [-0.05, 0) is 79.5 Å². The summed E-state index contributed by atoms with van der Waals surface area (Å²) in [7, 11) is 0. The molecule has 2 heterocycles. The number of carbonyl (C=O) groups is 2. The number of hydrogen-bond donors (Lipinski definition) is 2. The van der Waals surface area contributed by atoms with Gasteiger partial charge in [0.1, 0.15) is 24.0 Å². The first kappa shape index (κ1) is 31.7. The Morgan fingerprint density at radius 1 is 1.04 bits per heavy atom. The minimum Gasteiger partial charge on any atom is -0.366 e. The Labute approximate surface area is 254 Å². The van der Waals surface area contributed by atoms with E-state index in [1.54, 1.807) is 12.1 Å². The number of nitrogens with two attached hydrogens (primary N) is 1. The average Bonchev–Trinajstić information content (AvgIpc) is 3.19. The largest absolute Gasteiger partial charge is 0.435 e. The Kier molecular flexibility index (Phi) is 8.98. The zero-order valence-electron chi connectivity index (χ0n) is 24.1. The third kappa shape index (κ3) is 7.18. The molecule has 0 fully saturated rings. The van der Waals surface area contributed by atoms with Crippen molar-refractivity contribution in [1.82, 2.24) is 20.1 Å². The highest BCUT2D eigenvalue weighted by molar-refractivity contribution is 5.94. The monoisotopic (exact) mass is 629 g/mol. The van der Waals surface area contributed by atoms with E-state index in [1.807, 2.05) is 6.92 Å². The predicted octanol–water partition coefficient (Wildman–Crippen LogP) is 6.10. The van der Waals surface area contributed by atoms with Crippen LogP contribution in [0.1, 0.15) is 64.4 Å². The van der Waals surface area contributed by atoms with Crippen molar-refractivity contribution in [2.24, 2.45) is 11.7 Å². The van der Waals surface area contributed by atoms with E-state index in [0.29, 0.717) is 42.1 Å². The molecule has 2 amide bonds. The first-order chi connectivity index (χ1) is 21.3. The predicted molar refractivity (Wildman–Crippen MR) is 152 cm³/mol. The summed E-state index contributed by atoms with van der Waals surface area (Å²) in [6, 6.07) is 8.59.